The van der Waals surface area contributed by atoms with E-state index in [1.165, 1.54) is 0 Å². The van der Waals surface area contributed by atoms with Crippen molar-refractivity contribution >= 4 is 11.6 Å². The van der Waals surface area contributed by atoms with Gasteiger partial charge in [-0.05, 0) is 55.3 Å². The van der Waals surface area contributed by atoms with Gasteiger partial charge in [0.1, 0.15) is 17.3 Å². The number of rotatable bonds is 6. The molecule has 0 fully saturated rings. The molecule has 0 aliphatic rings. The van der Waals surface area contributed by atoms with E-state index in [4.69, 9.17) is 16.3 Å². The molecule has 0 saturated carbocycles. The Morgan fingerprint density at radius 2 is 1.71 bits per heavy atom. The number of nitrogens with zero attached hydrogens (tertiary/aromatic N) is 2. The highest BCUT2D eigenvalue weighted by molar-refractivity contribution is 6.30. The van der Waals surface area contributed by atoms with Gasteiger partial charge in [-0.3, -0.25) is 0 Å². The lowest BCUT2D eigenvalue weighted by atomic mass is 10.1. The molecule has 1 unspecified atom stereocenters. The number of benzene rings is 2. The molecule has 3 aromatic rings. The number of aliphatic hydroxyl groups excluding tert-OH is 1. The molecule has 3 rings (SSSR count). The maximum atomic E-state index is 10.3. The molecule has 1 aromatic heterocycles. The van der Waals surface area contributed by atoms with Crippen LogP contribution in [0.25, 0.3) is 0 Å². The van der Waals surface area contributed by atoms with E-state index < -0.39 is 6.10 Å². The highest BCUT2D eigenvalue weighted by Crippen LogP contribution is 2.25. The fraction of sp³-hybridized carbons (Fsp3) is 0.211. The summed E-state index contributed by atoms with van der Waals surface area (Å²) < 4.78 is 7.78. The van der Waals surface area contributed by atoms with Crippen LogP contribution in [0.1, 0.15) is 23.9 Å². The van der Waals surface area contributed by atoms with Gasteiger partial charge in [0.25, 0.3) is 0 Å². The molecular weight excluding hydrogens is 324 g/mol. The van der Waals surface area contributed by atoms with Crippen molar-refractivity contribution < 1.29 is 9.84 Å². The Kier molecular flexibility index (Phi) is 5.18. The number of ether oxygens (including phenoxy) is 1. The average molecular weight is 343 g/mol. The van der Waals surface area contributed by atoms with Crippen molar-refractivity contribution in [2.45, 2.75) is 26.0 Å². The molecule has 0 aliphatic heterocycles. The normalized spacial score (nSPS) is 12.1. The highest BCUT2D eigenvalue weighted by atomic mass is 35.5. The van der Waals surface area contributed by atoms with Crippen LogP contribution in [0.15, 0.2) is 60.9 Å². The largest absolute Gasteiger partial charge is 0.457 e. The molecule has 2 aromatic carbocycles. The lowest BCUT2D eigenvalue weighted by molar-refractivity contribution is 0.161. The zero-order chi connectivity index (χ0) is 16.9. The van der Waals surface area contributed by atoms with Crippen molar-refractivity contribution in [1.82, 2.24) is 9.55 Å². The van der Waals surface area contributed by atoms with E-state index in [9.17, 15) is 5.11 Å². The van der Waals surface area contributed by atoms with Gasteiger partial charge < -0.3 is 14.4 Å². The van der Waals surface area contributed by atoms with E-state index in [0.717, 1.165) is 29.4 Å². The number of hydrogen-bond donors (Lipinski definition) is 1. The first-order valence-electron chi connectivity index (χ1n) is 7.81. The fourth-order valence-corrected chi connectivity index (χ4v) is 2.59. The summed E-state index contributed by atoms with van der Waals surface area (Å²) in [6.45, 7) is 2.69. The number of aromatic nitrogens is 2. The van der Waals surface area contributed by atoms with Crippen LogP contribution in [-0.4, -0.2) is 14.7 Å². The Labute approximate surface area is 146 Å². The van der Waals surface area contributed by atoms with Crippen molar-refractivity contribution in [1.29, 1.82) is 0 Å². The molecule has 0 bridgehead atoms. The summed E-state index contributed by atoms with van der Waals surface area (Å²) in [6.07, 6.45) is 3.81. The fourth-order valence-electron chi connectivity index (χ4n) is 2.46. The quantitative estimate of drug-likeness (QED) is 0.702. The smallest absolute Gasteiger partial charge is 0.127 e. The zero-order valence-corrected chi connectivity index (χ0v) is 14.1. The summed E-state index contributed by atoms with van der Waals surface area (Å²) in [7, 11) is 0. The Morgan fingerprint density at radius 1 is 1.08 bits per heavy atom. The van der Waals surface area contributed by atoms with Gasteiger partial charge in [-0.25, -0.2) is 4.98 Å². The Morgan fingerprint density at radius 3 is 2.29 bits per heavy atom. The molecule has 0 aliphatic carbocycles. The minimum atomic E-state index is -0.517. The molecule has 4 nitrogen and oxygen atoms in total. The number of imidazole rings is 1. The van der Waals surface area contributed by atoms with E-state index in [-0.39, 0.29) is 0 Å². The van der Waals surface area contributed by atoms with Gasteiger partial charge in [0.2, 0.25) is 0 Å². The van der Waals surface area contributed by atoms with E-state index in [2.05, 4.69) is 4.98 Å². The van der Waals surface area contributed by atoms with Gasteiger partial charge in [0.05, 0.1) is 6.10 Å². The third-order valence-corrected chi connectivity index (χ3v) is 4.13. The van der Waals surface area contributed by atoms with Crippen molar-refractivity contribution in [3.63, 3.8) is 0 Å². The summed E-state index contributed by atoms with van der Waals surface area (Å²) in [6, 6.07) is 14.7. The van der Waals surface area contributed by atoms with Crippen molar-refractivity contribution in [3.8, 4) is 11.5 Å². The van der Waals surface area contributed by atoms with Crippen LogP contribution >= 0.6 is 11.6 Å². The van der Waals surface area contributed by atoms with Crippen LogP contribution in [-0.2, 0) is 6.54 Å². The minimum absolute atomic E-state index is 0.517. The minimum Gasteiger partial charge on any atom is -0.457 e. The molecule has 0 spiro atoms. The molecule has 0 amide bonds. The van der Waals surface area contributed by atoms with Gasteiger partial charge >= 0.3 is 0 Å². The molecule has 24 heavy (non-hydrogen) atoms. The molecular formula is C19H19ClN2O2. The summed E-state index contributed by atoms with van der Waals surface area (Å²) in [5, 5.41) is 11.0. The molecule has 1 N–H and O–H groups in total. The lowest BCUT2D eigenvalue weighted by Crippen LogP contribution is -2.05. The molecule has 124 valence electrons. The molecule has 5 heteroatoms. The maximum Gasteiger partial charge on any atom is 0.127 e. The van der Waals surface area contributed by atoms with Crippen LogP contribution < -0.4 is 4.74 Å². The van der Waals surface area contributed by atoms with Crippen molar-refractivity contribution in [2.24, 2.45) is 0 Å². The lowest BCUT2D eigenvalue weighted by Gasteiger charge is -2.13. The summed E-state index contributed by atoms with van der Waals surface area (Å²) >= 11 is 5.86. The second kappa shape index (κ2) is 7.51. The monoisotopic (exact) mass is 342 g/mol. The third-order valence-electron chi connectivity index (χ3n) is 3.88. The Hall–Kier alpha value is -2.30. The number of aryl methyl sites for hydroxylation is 2. The molecule has 0 radical (unpaired) electrons. The van der Waals surface area contributed by atoms with Crippen molar-refractivity contribution in [2.75, 3.05) is 0 Å². The standard InChI is InChI=1S/C19H19ClN2O2/c1-14-21-11-13-22(14)12-10-19(23)15-2-6-17(7-3-15)24-18-8-4-16(20)5-9-18/h2-9,11,13,19,23H,10,12H2,1H3. The molecule has 0 saturated heterocycles. The SMILES string of the molecule is Cc1nccn1CCC(O)c1ccc(Oc2ccc(Cl)cc2)cc1. The van der Waals surface area contributed by atoms with Gasteiger partial charge in [0, 0.05) is 24.0 Å². The zero-order valence-electron chi connectivity index (χ0n) is 13.4. The Bertz CT molecular complexity index is 782. The van der Waals surface area contributed by atoms with Crippen LogP contribution in [0, 0.1) is 6.92 Å². The van der Waals surface area contributed by atoms with Gasteiger partial charge in [-0.2, -0.15) is 0 Å². The third kappa shape index (κ3) is 4.16. The summed E-state index contributed by atoms with van der Waals surface area (Å²) in [4.78, 5) is 4.18. The van der Waals surface area contributed by atoms with E-state index >= 15 is 0 Å². The predicted molar refractivity (Wildman–Crippen MR) is 94.5 cm³/mol. The van der Waals surface area contributed by atoms with E-state index in [0.29, 0.717) is 11.4 Å². The second-order valence-electron chi connectivity index (χ2n) is 5.60. The second-order valence-corrected chi connectivity index (χ2v) is 6.03. The molecule has 1 heterocycles. The van der Waals surface area contributed by atoms with Crippen LogP contribution in [0.5, 0.6) is 11.5 Å². The predicted octanol–water partition coefficient (Wildman–Crippen LogP) is 4.76. The van der Waals surface area contributed by atoms with E-state index in [1.807, 2.05) is 54.1 Å². The van der Waals surface area contributed by atoms with Crippen LogP contribution in [0.3, 0.4) is 0 Å². The maximum absolute atomic E-state index is 10.3. The van der Waals surface area contributed by atoms with Crippen LogP contribution in [0.4, 0.5) is 0 Å². The Balaban J connectivity index is 1.59. The number of halogens is 1. The summed E-state index contributed by atoms with van der Waals surface area (Å²) in [5.74, 6) is 2.40. The first-order valence-corrected chi connectivity index (χ1v) is 8.19. The highest BCUT2D eigenvalue weighted by Gasteiger charge is 2.09. The summed E-state index contributed by atoms with van der Waals surface area (Å²) in [5.41, 5.74) is 0.872. The van der Waals surface area contributed by atoms with Gasteiger partial charge in [-0.1, -0.05) is 23.7 Å². The first kappa shape index (κ1) is 16.6. The van der Waals surface area contributed by atoms with E-state index in [1.54, 1.807) is 18.3 Å². The number of hydrogen-bond acceptors (Lipinski definition) is 3. The average Bonchev–Trinajstić information content (AvgIpc) is 3.00. The topological polar surface area (TPSA) is 47.3 Å². The first-order chi connectivity index (χ1) is 11.6. The number of aliphatic hydroxyl groups is 1. The van der Waals surface area contributed by atoms with Gasteiger partial charge in [0.15, 0.2) is 0 Å². The van der Waals surface area contributed by atoms with Crippen molar-refractivity contribution in [3.05, 3.63) is 77.3 Å². The van der Waals surface area contributed by atoms with Crippen LogP contribution in [0.2, 0.25) is 5.02 Å². The van der Waals surface area contributed by atoms with Gasteiger partial charge in [-0.15, -0.1) is 0 Å². The molecule has 1 atom stereocenters.